The zero-order chi connectivity index (χ0) is 17.7. The van der Waals surface area contributed by atoms with E-state index in [2.05, 4.69) is 10.3 Å². The fourth-order valence-corrected chi connectivity index (χ4v) is 2.05. The average molecular weight is 331 g/mol. The van der Waals surface area contributed by atoms with E-state index < -0.39 is 10.9 Å². The molecule has 9 heteroatoms. The summed E-state index contributed by atoms with van der Waals surface area (Å²) < 4.78 is 1.71. The van der Waals surface area contributed by atoms with Crippen molar-refractivity contribution in [1.29, 1.82) is 0 Å². The van der Waals surface area contributed by atoms with Gasteiger partial charge < -0.3 is 10.6 Å². The second kappa shape index (κ2) is 7.36. The van der Waals surface area contributed by atoms with Gasteiger partial charge in [0.2, 0.25) is 0 Å². The lowest BCUT2D eigenvalue weighted by molar-refractivity contribution is -0.384. The van der Waals surface area contributed by atoms with Gasteiger partial charge in [-0.2, -0.15) is 5.10 Å². The van der Waals surface area contributed by atoms with Crippen LogP contribution in [0, 0.1) is 24.0 Å². The van der Waals surface area contributed by atoms with Gasteiger partial charge in [0.1, 0.15) is 0 Å². The number of aryl methyl sites for hydroxylation is 3. The van der Waals surface area contributed by atoms with Crippen molar-refractivity contribution in [1.82, 2.24) is 9.78 Å². The van der Waals surface area contributed by atoms with E-state index in [-0.39, 0.29) is 17.9 Å². The Hall–Kier alpha value is -3.23. The number of rotatable bonds is 6. The highest BCUT2D eigenvalue weighted by Crippen LogP contribution is 2.11. The third kappa shape index (κ3) is 4.38. The molecule has 0 saturated carbocycles. The second-order valence-corrected chi connectivity index (χ2v) is 5.14. The largest absolute Gasteiger partial charge is 0.380 e. The summed E-state index contributed by atoms with van der Waals surface area (Å²) >= 11 is 0. The third-order valence-electron chi connectivity index (χ3n) is 3.25. The number of hydrogen-bond donors (Lipinski definition) is 1. The number of amidine groups is 1. The smallest absolute Gasteiger partial charge is 0.336 e. The summed E-state index contributed by atoms with van der Waals surface area (Å²) in [5.74, 6) is -0.586. The van der Waals surface area contributed by atoms with Gasteiger partial charge in [-0.05, 0) is 32.0 Å². The molecule has 126 valence electrons. The molecule has 0 spiro atoms. The van der Waals surface area contributed by atoms with Crippen LogP contribution in [0.1, 0.15) is 23.4 Å². The van der Waals surface area contributed by atoms with E-state index >= 15 is 0 Å². The minimum absolute atomic E-state index is 0.0376. The summed E-state index contributed by atoms with van der Waals surface area (Å²) in [5.41, 5.74) is 7.88. The first-order valence-corrected chi connectivity index (χ1v) is 7.16. The van der Waals surface area contributed by atoms with E-state index in [1.54, 1.807) is 4.68 Å². The number of carbonyl (C=O) groups is 1. The maximum Gasteiger partial charge on any atom is 0.336 e. The van der Waals surface area contributed by atoms with Crippen LogP contribution in [0.4, 0.5) is 5.69 Å². The highest BCUT2D eigenvalue weighted by atomic mass is 16.7. The summed E-state index contributed by atoms with van der Waals surface area (Å²) in [6.45, 7) is 4.15. The molecule has 2 rings (SSSR count). The first kappa shape index (κ1) is 17.1. The number of nitro groups is 1. The number of nitrogens with two attached hydrogens (primary N) is 1. The highest BCUT2D eigenvalue weighted by molar-refractivity contribution is 5.97. The van der Waals surface area contributed by atoms with Crippen LogP contribution in [0.25, 0.3) is 0 Å². The number of aromatic nitrogens is 2. The molecule has 0 amide bonds. The maximum atomic E-state index is 11.7. The van der Waals surface area contributed by atoms with Crippen LogP contribution in [0.15, 0.2) is 35.5 Å². The predicted octanol–water partition coefficient (Wildman–Crippen LogP) is 1.66. The van der Waals surface area contributed by atoms with Gasteiger partial charge in [-0.3, -0.25) is 14.8 Å². The van der Waals surface area contributed by atoms with Crippen LogP contribution in [0.2, 0.25) is 0 Å². The quantitative estimate of drug-likeness (QED) is 0.282. The number of oxime groups is 1. The summed E-state index contributed by atoms with van der Waals surface area (Å²) in [5, 5.41) is 18.4. The van der Waals surface area contributed by atoms with Crippen LogP contribution in [0.3, 0.4) is 0 Å². The van der Waals surface area contributed by atoms with Gasteiger partial charge in [0.25, 0.3) is 5.69 Å². The number of nitrogens with zero attached hydrogens (tertiary/aromatic N) is 4. The lowest BCUT2D eigenvalue weighted by Crippen LogP contribution is -2.16. The molecule has 0 aliphatic heterocycles. The molecule has 0 unspecified atom stereocenters. The Balaban J connectivity index is 1.90. The monoisotopic (exact) mass is 331 g/mol. The standard InChI is InChI=1S/C15H17N5O4/c1-10-9-11(2)19(17-10)8-7-14(21)24-18-15(16)12-3-5-13(6-4-12)20(22)23/h3-6,9H,7-8H2,1-2H3,(H2,16,18). The van der Waals surface area contributed by atoms with Crippen molar-refractivity contribution in [2.24, 2.45) is 10.9 Å². The van der Waals surface area contributed by atoms with E-state index in [0.29, 0.717) is 12.1 Å². The minimum Gasteiger partial charge on any atom is -0.380 e. The summed E-state index contributed by atoms with van der Waals surface area (Å²) in [6, 6.07) is 7.36. The molecule has 0 aliphatic carbocycles. The Bertz CT molecular complexity index is 780. The second-order valence-electron chi connectivity index (χ2n) is 5.14. The minimum atomic E-state index is -0.549. The number of carbonyl (C=O) groups excluding carboxylic acids is 1. The summed E-state index contributed by atoms with van der Waals surface area (Å²) in [6.07, 6.45) is 0.0962. The molecule has 0 radical (unpaired) electrons. The van der Waals surface area contributed by atoms with Crippen molar-refractivity contribution in [3.63, 3.8) is 0 Å². The Morgan fingerprint density at radius 2 is 2.04 bits per heavy atom. The third-order valence-corrected chi connectivity index (χ3v) is 3.25. The summed E-state index contributed by atoms with van der Waals surface area (Å²) in [4.78, 5) is 26.5. The molecule has 9 nitrogen and oxygen atoms in total. The van der Waals surface area contributed by atoms with Gasteiger partial charge in [0.15, 0.2) is 5.84 Å². The van der Waals surface area contributed by atoms with Gasteiger partial charge in [-0.25, -0.2) is 4.79 Å². The number of benzene rings is 1. The molecule has 2 aromatic rings. The molecule has 0 fully saturated rings. The zero-order valence-corrected chi connectivity index (χ0v) is 13.3. The molecule has 24 heavy (non-hydrogen) atoms. The topological polar surface area (TPSA) is 126 Å². The normalized spacial score (nSPS) is 11.3. The fourth-order valence-electron chi connectivity index (χ4n) is 2.05. The molecular weight excluding hydrogens is 314 g/mol. The number of hydrogen-bond acceptors (Lipinski definition) is 6. The molecule has 0 atom stereocenters. The highest BCUT2D eigenvalue weighted by Gasteiger charge is 2.09. The summed E-state index contributed by atoms with van der Waals surface area (Å²) in [7, 11) is 0. The Labute approximate surface area is 137 Å². The van der Waals surface area contributed by atoms with Crippen molar-refractivity contribution < 1.29 is 14.6 Å². The molecule has 0 aliphatic rings. The SMILES string of the molecule is Cc1cc(C)n(CCC(=O)O/N=C(\N)c2ccc([N+](=O)[O-])cc2)n1. The molecule has 1 heterocycles. The van der Waals surface area contributed by atoms with Gasteiger partial charge in [-0.15, -0.1) is 0 Å². The fraction of sp³-hybridized carbons (Fsp3) is 0.267. The Morgan fingerprint density at radius 3 is 2.58 bits per heavy atom. The predicted molar refractivity (Wildman–Crippen MR) is 86.2 cm³/mol. The van der Waals surface area contributed by atoms with Gasteiger partial charge in [0, 0.05) is 23.4 Å². The van der Waals surface area contributed by atoms with Crippen LogP contribution in [-0.2, 0) is 16.2 Å². The van der Waals surface area contributed by atoms with Gasteiger partial charge in [-0.1, -0.05) is 5.16 Å². The van der Waals surface area contributed by atoms with Gasteiger partial charge in [0.05, 0.1) is 23.6 Å². The first-order valence-electron chi connectivity index (χ1n) is 7.16. The molecule has 1 aromatic carbocycles. The van der Waals surface area contributed by atoms with E-state index in [9.17, 15) is 14.9 Å². The van der Waals surface area contributed by atoms with Gasteiger partial charge >= 0.3 is 5.97 Å². The van der Waals surface area contributed by atoms with Crippen molar-refractivity contribution >= 4 is 17.5 Å². The van der Waals surface area contributed by atoms with Crippen molar-refractivity contribution in [3.05, 3.63) is 57.4 Å². The molecule has 0 saturated heterocycles. The van der Waals surface area contributed by atoms with Crippen molar-refractivity contribution in [3.8, 4) is 0 Å². The Morgan fingerprint density at radius 1 is 1.38 bits per heavy atom. The van der Waals surface area contributed by atoms with Crippen LogP contribution >= 0.6 is 0 Å². The maximum absolute atomic E-state index is 11.7. The van der Waals surface area contributed by atoms with Crippen LogP contribution < -0.4 is 5.73 Å². The lowest BCUT2D eigenvalue weighted by Gasteiger charge is -2.03. The Kier molecular flexibility index (Phi) is 5.25. The van der Waals surface area contributed by atoms with E-state index in [0.717, 1.165) is 11.4 Å². The van der Waals surface area contributed by atoms with Crippen LogP contribution in [-0.4, -0.2) is 26.5 Å². The average Bonchev–Trinajstić information content (AvgIpc) is 2.88. The molecular formula is C15H17N5O4. The lowest BCUT2D eigenvalue weighted by atomic mass is 10.2. The zero-order valence-electron chi connectivity index (χ0n) is 13.3. The number of nitro benzene ring substituents is 1. The van der Waals surface area contributed by atoms with Crippen molar-refractivity contribution in [2.45, 2.75) is 26.8 Å². The number of non-ortho nitro benzene ring substituents is 1. The molecule has 0 bridgehead atoms. The molecule has 2 N–H and O–H groups in total. The van der Waals surface area contributed by atoms with Crippen LogP contribution in [0.5, 0.6) is 0 Å². The van der Waals surface area contributed by atoms with E-state index in [1.807, 2.05) is 19.9 Å². The molecule has 1 aromatic heterocycles. The van der Waals surface area contributed by atoms with E-state index in [1.165, 1.54) is 24.3 Å². The van der Waals surface area contributed by atoms with E-state index in [4.69, 9.17) is 10.6 Å². The first-order chi connectivity index (χ1) is 11.4. The van der Waals surface area contributed by atoms with Crippen molar-refractivity contribution in [2.75, 3.05) is 0 Å².